The lowest BCUT2D eigenvalue weighted by Gasteiger charge is -2.27. The lowest BCUT2D eigenvalue weighted by molar-refractivity contribution is 0.0937. The zero-order chi connectivity index (χ0) is 25.4. The quantitative estimate of drug-likeness (QED) is 0.430. The minimum Gasteiger partial charge on any atom is -0.378 e. The highest BCUT2D eigenvalue weighted by molar-refractivity contribution is 6.31. The second-order valence-corrected chi connectivity index (χ2v) is 9.92. The molecule has 1 aliphatic rings. The number of ether oxygens (including phenoxy) is 1. The Morgan fingerprint density at radius 1 is 1.22 bits per heavy atom. The molecule has 1 N–H and O–H groups in total. The average molecular weight is 514 g/mol. The predicted molar refractivity (Wildman–Crippen MR) is 131 cm³/mol. The fraction of sp³-hybridized carbons (Fsp3) is 0.375. The first-order valence-corrected chi connectivity index (χ1v) is 11.9. The normalized spacial score (nSPS) is 14.4. The standard InChI is InChI=1S/C24H25ClFN7O3/c1-24(2,3)23-30-21(31-36-23)22(34)27-11-14-8-18(26)16(10-17(14)25)20-19-9-15(12-33(19)29-13-28-20)32-4-6-35-7-5-32/h8-10,12-13H,4-7,11H2,1-3H3,(H,27,34). The van der Waals surface area contributed by atoms with Gasteiger partial charge in [0.25, 0.3) is 11.7 Å². The number of nitrogens with one attached hydrogen (secondary N) is 1. The summed E-state index contributed by atoms with van der Waals surface area (Å²) in [6.45, 7) is 8.51. The van der Waals surface area contributed by atoms with E-state index in [2.05, 4.69) is 30.4 Å². The summed E-state index contributed by atoms with van der Waals surface area (Å²) in [5.74, 6) is -0.815. The first kappa shape index (κ1) is 24.1. The van der Waals surface area contributed by atoms with Gasteiger partial charge in [-0.25, -0.2) is 13.9 Å². The summed E-state index contributed by atoms with van der Waals surface area (Å²) < 4.78 is 27.5. The number of hydrogen-bond donors (Lipinski definition) is 1. The Labute approximate surface area is 211 Å². The number of carbonyl (C=O) groups excluding carboxylic acids is 1. The minimum atomic E-state index is -0.545. The van der Waals surface area contributed by atoms with Crippen molar-refractivity contribution in [1.29, 1.82) is 0 Å². The maximum Gasteiger partial charge on any atom is 0.292 e. The first-order valence-electron chi connectivity index (χ1n) is 11.5. The smallest absolute Gasteiger partial charge is 0.292 e. The van der Waals surface area contributed by atoms with Gasteiger partial charge in [-0.15, -0.1) is 0 Å². The van der Waals surface area contributed by atoms with Crippen LogP contribution in [0.5, 0.6) is 0 Å². The Bertz CT molecular complexity index is 1420. The van der Waals surface area contributed by atoms with Crippen LogP contribution >= 0.6 is 11.6 Å². The van der Waals surface area contributed by atoms with Crippen molar-refractivity contribution >= 4 is 28.7 Å². The molecule has 1 saturated heterocycles. The number of benzene rings is 1. The second kappa shape index (κ2) is 9.47. The van der Waals surface area contributed by atoms with Crippen molar-refractivity contribution in [2.24, 2.45) is 0 Å². The van der Waals surface area contributed by atoms with Crippen molar-refractivity contribution in [2.75, 3.05) is 31.2 Å². The number of carbonyl (C=O) groups is 1. The maximum atomic E-state index is 15.3. The van der Waals surface area contributed by atoms with E-state index in [4.69, 9.17) is 20.9 Å². The molecule has 1 fully saturated rings. The van der Waals surface area contributed by atoms with Crippen LogP contribution in [0, 0.1) is 5.82 Å². The molecule has 0 saturated carbocycles. The van der Waals surface area contributed by atoms with Crippen LogP contribution < -0.4 is 10.2 Å². The van der Waals surface area contributed by atoms with Gasteiger partial charge in [0.1, 0.15) is 17.8 Å². The third-order valence-electron chi connectivity index (χ3n) is 5.87. The van der Waals surface area contributed by atoms with E-state index in [1.807, 2.05) is 33.0 Å². The lowest BCUT2D eigenvalue weighted by atomic mass is 9.97. The number of rotatable bonds is 5. The Morgan fingerprint density at radius 3 is 2.72 bits per heavy atom. The first-order chi connectivity index (χ1) is 17.2. The molecule has 0 aliphatic carbocycles. The molecule has 12 heteroatoms. The van der Waals surface area contributed by atoms with Crippen molar-refractivity contribution in [3.63, 3.8) is 0 Å². The Balaban J connectivity index is 1.37. The van der Waals surface area contributed by atoms with Gasteiger partial charge in [-0.2, -0.15) is 10.1 Å². The van der Waals surface area contributed by atoms with E-state index >= 15 is 4.39 Å². The minimum absolute atomic E-state index is 0.0141. The van der Waals surface area contributed by atoms with Crippen LogP contribution in [0.4, 0.5) is 10.1 Å². The molecule has 4 aromatic rings. The molecule has 1 aliphatic heterocycles. The van der Waals surface area contributed by atoms with E-state index in [1.165, 1.54) is 18.5 Å². The van der Waals surface area contributed by atoms with E-state index in [0.29, 0.717) is 35.9 Å². The van der Waals surface area contributed by atoms with Crippen molar-refractivity contribution in [3.05, 3.63) is 58.8 Å². The molecule has 0 atom stereocenters. The van der Waals surface area contributed by atoms with Gasteiger partial charge >= 0.3 is 0 Å². The second-order valence-electron chi connectivity index (χ2n) is 9.52. The molecular weight excluding hydrogens is 489 g/mol. The molecule has 3 aromatic heterocycles. The maximum absolute atomic E-state index is 15.3. The summed E-state index contributed by atoms with van der Waals surface area (Å²) in [7, 11) is 0. The largest absolute Gasteiger partial charge is 0.378 e. The van der Waals surface area contributed by atoms with E-state index in [0.717, 1.165) is 18.8 Å². The number of hydrogen-bond acceptors (Lipinski definition) is 8. The summed E-state index contributed by atoms with van der Waals surface area (Å²) in [5, 5.41) is 10.9. The molecule has 0 bridgehead atoms. The fourth-order valence-electron chi connectivity index (χ4n) is 3.90. The van der Waals surface area contributed by atoms with Gasteiger partial charge in [0, 0.05) is 35.6 Å². The third kappa shape index (κ3) is 4.76. The Morgan fingerprint density at radius 2 is 2.00 bits per heavy atom. The van der Waals surface area contributed by atoms with E-state index in [-0.39, 0.29) is 28.4 Å². The summed E-state index contributed by atoms with van der Waals surface area (Å²) >= 11 is 6.48. The Hall–Kier alpha value is -3.57. The number of nitrogens with zero attached hydrogens (tertiary/aromatic N) is 6. The van der Waals surface area contributed by atoms with Crippen LogP contribution in [0.3, 0.4) is 0 Å². The van der Waals surface area contributed by atoms with E-state index < -0.39 is 11.7 Å². The molecule has 5 rings (SSSR count). The average Bonchev–Trinajstić information content (AvgIpc) is 3.52. The van der Waals surface area contributed by atoms with E-state index in [9.17, 15) is 4.79 Å². The van der Waals surface area contributed by atoms with Crippen LogP contribution in [0.25, 0.3) is 16.8 Å². The molecule has 4 heterocycles. The van der Waals surface area contributed by atoms with Gasteiger partial charge in [0.2, 0.25) is 5.89 Å². The lowest BCUT2D eigenvalue weighted by Crippen LogP contribution is -2.35. The number of morpholine rings is 1. The van der Waals surface area contributed by atoms with Crippen LogP contribution in [-0.2, 0) is 16.7 Å². The predicted octanol–water partition coefficient (Wildman–Crippen LogP) is 3.64. The molecule has 1 aromatic carbocycles. The number of anilines is 1. The highest BCUT2D eigenvalue weighted by atomic mass is 35.5. The summed E-state index contributed by atoms with van der Waals surface area (Å²) in [6, 6.07) is 4.73. The van der Waals surface area contributed by atoms with Gasteiger partial charge in [-0.3, -0.25) is 4.79 Å². The van der Waals surface area contributed by atoms with Crippen molar-refractivity contribution in [1.82, 2.24) is 30.1 Å². The van der Waals surface area contributed by atoms with Gasteiger partial charge < -0.3 is 19.5 Å². The molecule has 0 spiro atoms. The van der Waals surface area contributed by atoms with Gasteiger partial charge in [-0.05, 0) is 23.8 Å². The molecule has 0 radical (unpaired) electrons. The van der Waals surface area contributed by atoms with Crippen molar-refractivity contribution < 1.29 is 18.4 Å². The number of aromatic nitrogens is 5. The zero-order valence-electron chi connectivity index (χ0n) is 20.1. The van der Waals surface area contributed by atoms with Gasteiger partial charge in [0.15, 0.2) is 0 Å². The van der Waals surface area contributed by atoms with Crippen molar-refractivity contribution in [3.8, 4) is 11.3 Å². The van der Waals surface area contributed by atoms with Gasteiger partial charge in [0.05, 0.1) is 30.6 Å². The molecule has 1 amide bonds. The fourth-order valence-corrected chi connectivity index (χ4v) is 4.13. The number of amides is 1. The van der Waals surface area contributed by atoms with Crippen LogP contribution in [0.1, 0.15) is 42.8 Å². The summed E-state index contributed by atoms with van der Waals surface area (Å²) in [6.07, 6.45) is 3.27. The highest BCUT2D eigenvalue weighted by Gasteiger charge is 2.24. The van der Waals surface area contributed by atoms with Crippen LogP contribution in [0.15, 0.2) is 35.2 Å². The van der Waals surface area contributed by atoms with E-state index in [1.54, 1.807) is 4.52 Å². The highest BCUT2D eigenvalue weighted by Crippen LogP contribution is 2.32. The molecule has 10 nitrogen and oxygen atoms in total. The van der Waals surface area contributed by atoms with Crippen molar-refractivity contribution in [2.45, 2.75) is 32.7 Å². The number of halogens is 2. The SMILES string of the molecule is CC(C)(C)c1nc(C(=O)NCc2cc(F)c(-c3ncnn4cc(N5CCOCC5)cc34)cc2Cl)no1. The monoisotopic (exact) mass is 513 g/mol. The third-order valence-corrected chi connectivity index (χ3v) is 6.22. The molecule has 36 heavy (non-hydrogen) atoms. The molecule has 0 unspecified atom stereocenters. The Kier molecular flexibility index (Phi) is 6.35. The van der Waals surface area contributed by atoms with Crippen LogP contribution in [-0.4, -0.2) is 56.9 Å². The zero-order valence-corrected chi connectivity index (χ0v) is 20.8. The number of fused-ring (bicyclic) bond motifs is 1. The molecule has 188 valence electrons. The summed E-state index contributed by atoms with van der Waals surface area (Å²) in [5.41, 5.74) is 2.29. The van der Waals surface area contributed by atoms with Gasteiger partial charge in [-0.1, -0.05) is 37.5 Å². The topological polar surface area (TPSA) is 111 Å². The van der Waals surface area contributed by atoms with Crippen LogP contribution in [0.2, 0.25) is 5.02 Å². The molecular formula is C24H25ClFN7O3. The summed E-state index contributed by atoms with van der Waals surface area (Å²) in [4.78, 5) is 23.1.